The van der Waals surface area contributed by atoms with Gasteiger partial charge in [0.25, 0.3) is 0 Å². The summed E-state index contributed by atoms with van der Waals surface area (Å²) < 4.78 is 2.30. The number of likely N-dealkylation sites (tertiary alicyclic amines) is 2. The molecular weight excluding hydrogens is 342 g/mol. The fourth-order valence-corrected chi connectivity index (χ4v) is 5.91. The highest BCUT2D eigenvalue weighted by Gasteiger charge is 2.49. The van der Waals surface area contributed by atoms with Crippen molar-refractivity contribution < 1.29 is 0 Å². The molecule has 6 heteroatoms. The van der Waals surface area contributed by atoms with Gasteiger partial charge >= 0.3 is 0 Å². The van der Waals surface area contributed by atoms with Crippen molar-refractivity contribution in [2.75, 3.05) is 33.2 Å². The Morgan fingerprint density at radius 3 is 2.77 bits per heavy atom. The molecule has 0 bridgehead atoms. The van der Waals surface area contributed by atoms with E-state index in [-0.39, 0.29) is 0 Å². The van der Waals surface area contributed by atoms with Crippen LogP contribution in [-0.2, 0) is 13.1 Å². The lowest BCUT2D eigenvalue weighted by molar-refractivity contribution is 0.0918. The van der Waals surface area contributed by atoms with Crippen LogP contribution in [0, 0.1) is 12.3 Å². The number of rotatable bonds is 5. The topological polar surface area (TPSA) is 37.2 Å². The minimum atomic E-state index is 0.370. The molecule has 0 aliphatic carbocycles. The molecule has 5 nitrogen and oxygen atoms in total. The molecule has 1 unspecified atom stereocenters. The van der Waals surface area contributed by atoms with Crippen LogP contribution in [0.2, 0.25) is 0 Å². The second kappa shape index (κ2) is 7.41. The lowest BCUT2D eigenvalue weighted by Gasteiger charge is -2.42. The van der Waals surface area contributed by atoms with E-state index in [1.54, 1.807) is 0 Å². The summed E-state index contributed by atoms with van der Waals surface area (Å²) in [5.41, 5.74) is 0.370. The van der Waals surface area contributed by atoms with Crippen LogP contribution in [0.25, 0.3) is 0 Å². The normalized spacial score (nSPS) is 23.9. The maximum atomic E-state index is 4.56. The van der Waals surface area contributed by atoms with Gasteiger partial charge in [-0.3, -0.25) is 4.90 Å². The van der Waals surface area contributed by atoms with Crippen molar-refractivity contribution in [1.82, 2.24) is 24.6 Å². The molecule has 0 N–H and O–H groups in total. The van der Waals surface area contributed by atoms with Crippen molar-refractivity contribution in [3.05, 3.63) is 34.0 Å². The monoisotopic (exact) mass is 373 g/mol. The van der Waals surface area contributed by atoms with Gasteiger partial charge < -0.3 is 9.47 Å². The summed E-state index contributed by atoms with van der Waals surface area (Å²) in [6.07, 6.45) is 5.60. The third kappa shape index (κ3) is 3.47. The highest BCUT2D eigenvalue weighted by molar-refractivity contribution is 7.11. The Labute approximate surface area is 161 Å². The van der Waals surface area contributed by atoms with Crippen molar-refractivity contribution >= 4 is 11.3 Å². The van der Waals surface area contributed by atoms with Gasteiger partial charge in [0.2, 0.25) is 0 Å². The van der Waals surface area contributed by atoms with Gasteiger partial charge in [-0.05, 0) is 63.9 Å². The average molecular weight is 374 g/mol. The van der Waals surface area contributed by atoms with E-state index in [0.29, 0.717) is 11.3 Å². The van der Waals surface area contributed by atoms with Gasteiger partial charge in [0.05, 0.1) is 0 Å². The first-order valence-electron chi connectivity index (χ1n) is 9.93. The zero-order valence-electron chi connectivity index (χ0n) is 16.3. The van der Waals surface area contributed by atoms with Gasteiger partial charge in [0.15, 0.2) is 0 Å². The van der Waals surface area contributed by atoms with Crippen molar-refractivity contribution in [3.8, 4) is 0 Å². The lowest BCUT2D eigenvalue weighted by atomic mass is 9.70. The van der Waals surface area contributed by atoms with Crippen LogP contribution in [0.1, 0.15) is 47.7 Å². The van der Waals surface area contributed by atoms with E-state index in [2.05, 4.69) is 57.6 Å². The Morgan fingerprint density at radius 2 is 2.08 bits per heavy atom. The van der Waals surface area contributed by atoms with Gasteiger partial charge in [0, 0.05) is 41.9 Å². The summed E-state index contributed by atoms with van der Waals surface area (Å²) in [5.74, 6) is 1.74. The standard InChI is InChI=1S/C20H31N5S/c1-4-9-25-15-21-22-19(25)18-13-23(3)14-20(18)7-10-24(11-8-20)12-17-6-5-16(2)26-17/h5-6,15,18H,4,7-14H2,1-3H3. The third-order valence-corrected chi connectivity index (χ3v) is 7.25. The zero-order valence-corrected chi connectivity index (χ0v) is 17.1. The van der Waals surface area contributed by atoms with Crippen LogP contribution < -0.4 is 0 Å². The predicted octanol–water partition coefficient (Wildman–Crippen LogP) is 3.37. The molecule has 0 saturated carbocycles. The quantitative estimate of drug-likeness (QED) is 0.805. The molecule has 0 amide bonds. The summed E-state index contributed by atoms with van der Waals surface area (Å²) in [6.45, 7) is 11.3. The average Bonchev–Trinajstić information content (AvgIpc) is 3.30. The summed E-state index contributed by atoms with van der Waals surface area (Å²) in [6, 6.07) is 4.54. The molecule has 2 saturated heterocycles. The third-order valence-electron chi connectivity index (χ3n) is 6.27. The molecule has 2 aliphatic heterocycles. The molecule has 26 heavy (non-hydrogen) atoms. The highest BCUT2D eigenvalue weighted by Crippen LogP contribution is 2.49. The summed E-state index contributed by atoms with van der Waals surface area (Å²) in [5, 5.41) is 8.81. The van der Waals surface area contributed by atoms with E-state index < -0.39 is 0 Å². The van der Waals surface area contributed by atoms with E-state index in [1.165, 1.54) is 48.1 Å². The molecule has 4 heterocycles. The summed E-state index contributed by atoms with van der Waals surface area (Å²) in [4.78, 5) is 8.07. The van der Waals surface area contributed by atoms with Gasteiger partial charge in [0.1, 0.15) is 12.2 Å². The first-order chi connectivity index (χ1) is 12.6. The first-order valence-corrected chi connectivity index (χ1v) is 10.8. The summed E-state index contributed by atoms with van der Waals surface area (Å²) >= 11 is 1.94. The van der Waals surface area contributed by atoms with Gasteiger partial charge in [-0.25, -0.2) is 0 Å². The van der Waals surface area contributed by atoms with Crippen molar-refractivity contribution in [3.63, 3.8) is 0 Å². The lowest BCUT2D eigenvalue weighted by Crippen LogP contribution is -2.43. The summed E-state index contributed by atoms with van der Waals surface area (Å²) in [7, 11) is 2.27. The number of hydrogen-bond donors (Lipinski definition) is 0. The molecule has 4 rings (SSSR count). The molecule has 0 aromatic carbocycles. The van der Waals surface area contributed by atoms with Crippen LogP contribution in [-0.4, -0.2) is 57.8 Å². The maximum absolute atomic E-state index is 4.56. The molecule has 2 aromatic rings. The number of thiophene rings is 1. The SMILES string of the molecule is CCCn1cnnc1C1CN(C)CC12CCN(Cc1ccc(C)s1)CC2. The zero-order chi connectivity index (χ0) is 18.1. The van der Waals surface area contributed by atoms with E-state index in [0.717, 1.165) is 26.1 Å². The Bertz CT molecular complexity index is 728. The van der Waals surface area contributed by atoms with Crippen molar-refractivity contribution in [2.45, 2.75) is 52.1 Å². The number of aryl methyl sites for hydroxylation is 2. The van der Waals surface area contributed by atoms with E-state index in [1.807, 2.05) is 17.7 Å². The van der Waals surface area contributed by atoms with Gasteiger partial charge in [-0.2, -0.15) is 0 Å². The minimum absolute atomic E-state index is 0.370. The Kier molecular flexibility index (Phi) is 5.17. The van der Waals surface area contributed by atoms with Crippen LogP contribution in [0.5, 0.6) is 0 Å². The number of piperidine rings is 1. The predicted molar refractivity (Wildman–Crippen MR) is 107 cm³/mol. The van der Waals surface area contributed by atoms with Gasteiger partial charge in [-0.1, -0.05) is 6.92 Å². The highest BCUT2D eigenvalue weighted by atomic mass is 32.1. The number of hydrogen-bond acceptors (Lipinski definition) is 5. The molecule has 0 radical (unpaired) electrons. The molecule has 2 aliphatic rings. The van der Waals surface area contributed by atoms with Crippen molar-refractivity contribution in [2.24, 2.45) is 5.41 Å². The van der Waals surface area contributed by atoms with E-state index >= 15 is 0 Å². The fraction of sp³-hybridized carbons (Fsp3) is 0.700. The number of nitrogens with zero attached hydrogens (tertiary/aromatic N) is 5. The van der Waals surface area contributed by atoms with Gasteiger partial charge in [-0.15, -0.1) is 21.5 Å². The molecule has 142 valence electrons. The number of likely N-dealkylation sites (N-methyl/N-ethyl adjacent to an activating group) is 1. The van der Waals surface area contributed by atoms with E-state index in [9.17, 15) is 0 Å². The van der Waals surface area contributed by atoms with E-state index in [4.69, 9.17) is 0 Å². The van der Waals surface area contributed by atoms with Crippen molar-refractivity contribution in [1.29, 1.82) is 0 Å². The Hall–Kier alpha value is -1.24. The Morgan fingerprint density at radius 1 is 1.27 bits per heavy atom. The molecule has 2 fully saturated rings. The second-order valence-electron chi connectivity index (χ2n) is 8.28. The first kappa shape index (κ1) is 18.1. The maximum Gasteiger partial charge on any atom is 0.137 e. The Balaban J connectivity index is 1.47. The molecule has 1 atom stereocenters. The van der Waals surface area contributed by atoms with Crippen LogP contribution >= 0.6 is 11.3 Å². The van der Waals surface area contributed by atoms with Crippen LogP contribution in [0.3, 0.4) is 0 Å². The van der Waals surface area contributed by atoms with Crippen LogP contribution in [0.4, 0.5) is 0 Å². The smallest absolute Gasteiger partial charge is 0.137 e. The second-order valence-corrected chi connectivity index (χ2v) is 9.66. The molecule has 2 aromatic heterocycles. The molecule has 1 spiro atoms. The fourth-order valence-electron chi connectivity index (χ4n) is 4.97. The minimum Gasteiger partial charge on any atom is -0.317 e. The largest absolute Gasteiger partial charge is 0.317 e. The van der Waals surface area contributed by atoms with Crippen LogP contribution in [0.15, 0.2) is 18.5 Å². The number of aromatic nitrogens is 3. The molecular formula is C20H31N5S.